The van der Waals surface area contributed by atoms with E-state index in [0.717, 1.165) is 5.92 Å². The predicted octanol–water partition coefficient (Wildman–Crippen LogP) is 2.04. The molecule has 0 bridgehead atoms. The van der Waals surface area contributed by atoms with Gasteiger partial charge in [-0.1, -0.05) is 46.5 Å². The molecule has 0 aromatic heterocycles. The SMILES string of the molecule is CCCCCC(C)C.[BiH3]. The summed E-state index contributed by atoms with van der Waals surface area (Å²) in [7, 11) is 0. The van der Waals surface area contributed by atoms with Crippen LogP contribution in [0, 0.1) is 5.92 Å². The van der Waals surface area contributed by atoms with Gasteiger partial charge in [0, 0.05) is 0 Å². The minimum atomic E-state index is 0. The molecule has 0 saturated heterocycles. The van der Waals surface area contributed by atoms with Crippen molar-refractivity contribution in [2.24, 2.45) is 5.92 Å². The molecule has 0 aliphatic rings. The van der Waals surface area contributed by atoms with E-state index in [-0.39, 0.29) is 26.2 Å². The molecule has 0 aliphatic carbocycles. The van der Waals surface area contributed by atoms with E-state index in [1.54, 1.807) is 0 Å². The Morgan fingerprint density at radius 3 is 2.00 bits per heavy atom. The van der Waals surface area contributed by atoms with Crippen LogP contribution in [0.5, 0.6) is 0 Å². The predicted molar refractivity (Wildman–Crippen MR) is 48.9 cm³/mol. The van der Waals surface area contributed by atoms with Gasteiger partial charge in [-0.15, -0.1) is 0 Å². The maximum absolute atomic E-state index is 2.29. The Hall–Kier alpha value is 0.883. The first kappa shape index (κ1) is 12.5. The molecule has 0 atom stereocenters. The molecule has 0 nitrogen and oxygen atoms in total. The summed E-state index contributed by atoms with van der Waals surface area (Å²) in [6.45, 7) is 6.83. The zero-order valence-corrected chi connectivity index (χ0v) is 12.6. The second-order valence-corrected chi connectivity index (χ2v) is 2.89. The molecular weight excluding hydrogens is 305 g/mol. The average Bonchev–Trinajstić information content (AvgIpc) is 1.66. The van der Waals surface area contributed by atoms with E-state index in [2.05, 4.69) is 20.8 Å². The van der Waals surface area contributed by atoms with E-state index >= 15 is 0 Å². The van der Waals surface area contributed by atoms with Gasteiger partial charge in [0.2, 0.25) is 0 Å². The Labute approximate surface area is 78.5 Å². The number of rotatable bonds is 4. The fraction of sp³-hybridized carbons (Fsp3) is 1.00. The molecule has 0 N–H and O–H groups in total. The van der Waals surface area contributed by atoms with Gasteiger partial charge in [-0.3, -0.25) is 0 Å². The molecule has 0 amide bonds. The van der Waals surface area contributed by atoms with Crippen molar-refractivity contribution in [3.63, 3.8) is 0 Å². The molecule has 1 heteroatoms. The van der Waals surface area contributed by atoms with Crippen LogP contribution in [0.15, 0.2) is 0 Å². The van der Waals surface area contributed by atoms with Crippen LogP contribution in [0.3, 0.4) is 0 Å². The minimum absolute atomic E-state index is 0. The quantitative estimate of drug-likeness (QED) is 0.548. The van der Waals surface area contributed by atoms with Crippen LogP contribution >= 0.6 is 0 Å². The molecular formula is C8H21Bi. The first-order valence-electron chi connectivity index (χ1n) is 3.77. The van der Waals surface area contributed by atoms with E-state index in [1.165, 1.54) is 25.7 Å². The first-order valence-corrected chi connectivity index (χ1v) is 3.77. The molecule has 0 unspecified atom stereocenters. The number of unbranched alkanes of at least 4 members (excludes halogenated alkanes) is 2. The average molecular weight is 326 g/mol. The van der Waals surface area contributed by atoms with Crippen LogP contribution < -0.4 is 0 Å². The Morgan fingerprint density at radius 1 is 1.11 bits per heavy atom. The third-order valence-corrected chi connectivity index (χ3v) is 1.39. The summed E-state index contributed by atoms with van der Waals surface area (Å²) < 4.78 is 0. The van der Waals surface area contributed by atoms with Crippen LogP contribution in [0.25, 0.3) is 0 Å². The molecule has 0 saturated carbocycles. The van der Waals surface area contributed by atoms with E-state index < -0.39 is 0 Å². The standard InChI is InChI=1S/C8H18.Bi.3H/c1-4-5-6-7-8(2)3;;;;/h8H,4-7H2,1-3H3;;;;. The van der Waals surface area contributed by atoms with Crippen LogP contribution in [0.1, 0.15) is 46.5 Å². The van der Waals surface area contributed by atoms with Crippen molar-refractivity contribution in [2.45, 2.75) is 46.5 Å². The van der Waals surface area contributed by atoms with Gasteiger partial charge >= 0.3 is 26.2 Å². The number of hydrogen-bond donors (Lipinski definition) is 0. The Balaban J connectivity index is 0. The summed E-state index contributed by atoms with van der Waals surface area (Å²) in [4.78, 5) is 0. The van der Waals surface area contributed by atoms with Crippen molar-refractivity contribution < 1.29 is 0 Å². The second kappa shape index (κ2) is 8.88. The summed E-state index contributed by atoms with van der Waals surface area (Å²) >= 11 is 0. The van der Waals surface area contributed by atoms with Crippen LogP contribution in [0.2, 0.25) is 0 Å². The van der Waals surface area contributed by atoms with Gasteiger partial charge in [0.05, 0.1) is 0 Å². The van der Waals surface area contributed by atoms with Crippen molar-refractivity contribution in [1.82, 2.24) is 0 Å². The molecule has 0 aromatic carbocycles. The normalized spacial score (nSPS) is 9.33. The topological polar surface area (TPSA) is 0 Å². The molecule has 0 aromatic rings. The molecule has 0 heterocycles. The van der Waals surface area contributed by atoms with Crippen molar-refractivity contribution in [3.8, 4) is 0 Å². The zero-order valence-electron chi connectivity index (χ0n) is 7.11. The molecule has 9 heavy (non-hydrogen) atoms. The van der Waals surface area contributed by atoms with Gasteiger partial charge in [0.1, 0.15) is 0 Å². The Kier molecular flexibility index (Phi) is 12.4. The van der Waals surface area contributed by atoms with Gasteiger partial charge in [-0.2, -0.15) is 0 Å². The molecule has 0 spiro atoms. The van der Waals surface area contributed by atoms with Gasteiger partial charge in [-0.05, 0) is 5.92 Å². The number of hydrogen-bond acceptors (Lipinski definition) is 0. The monoisotopic (exact) mass is 326 g/mol. The summed E-state index contributed by atoms with van der Waals surface area (Å²) in [5.41, 5.74) is 0. The van der Waals surface area contributed by atoms with E-state index in [9.17, 15) is 0 Å². The van der Waals surface area contributed by atoms with Gasteiger partial charge < -0.3 is 0 Å². The second-order valence-electron chi connectivity index (χ2n) is 2.89. The van der Waals surface area contributed by atoms with E-state index in [0.29, 0.717) is 0 Å². The van der Waals surface area contributed by atoms with Gasteiger partial charge in [0.15, 0.2) is 0 Å². The molecule has 0 fully saturated rings. The van der Waals surface area contributed by atoms with Crippen LogP contribution in [0.4, 0.5) is 0 Å². The van der Waals surface area contributed by atoms with Crippen molar-refractivity contribution in [2.75, 3.05) is 0 Å². The van der Waals surface area contributed by atoms with E-state index in [1.807, 2.05) is 0 Å². The Morgan fingerprint density at radius 2 is 1.67 bits per heavy atom. The van der Waals surface area contributed by atoms with Crippen molar-refractivity contribution >= 4 is 26.2 Å². The maximum atomic E-state index is 2.29. The summed E-state index contributed by atoms with van der Waals surface area (Å²) in [5.74, 6) is 0.904. The van der Waals surface area contributed by atoms with Gasteiger partial charge in [0.25, 0.3) is 0 Å². The molecule has 0 radical (unpaired) electrons. The summed E-state index contributed by atoms with van der Waals surface area (Å²) in [5, 5.41) is 0. The summed E-state index contributed by atoms with van der Waals surface area (Å²) in [6, 6.07) is 0. The summed E-state index contributed by atoms with van der Waals surface area (Å²) in [6.07, 6.45) is 5.60. The third kappa shape index (κ3) is 12.2. The van der Waals surface area contributed by atoms with Crippen molar-refractivity contribution in [3.05, 3.63) is 0 Å². The Bertz CT molecular complexity index is 41.8. The molecule has 0 rings (SSSR count). The molecule has 0 aliphatic heterocycles. The first-order chi connectivity index (χ1) is 3.77. The fourth-order valence-electron chi connectivity index (χ4n) is 0.803. The van der Waals surface area contributed by atoms with Crippen molar-refractivity contribution in [1.29, 1.82) is 0 Å². The van der Waals surface area contributed by atoms with Crippen LogP contribution in [-0.2, 0) is 0 Å². The fourth-order valence-corrected chi connectivity index (χ4v) is 0.803. The van der Waals surface area contributed by atoms with Crippen LogP contribution in [-0.4, -0.2) is 26.2 Å². The van der Waals surface area contributed by atoms with E-state index in [4.69, 9.17) is 0 Å². The third-order valence-electron chi connectivity index (χ3n) is 1.39. The zero-order chi connectivity index (χ0) is 6.41. The molecule has 58 valence electrons. The van der Waals surface area contributed by atoms with Gasteiger partial charge in [-0.25, -0.2) is 0 Å².